The normalized spacial score (nSPS) is 15.4. The number of rotatable bonds is 5. The molecule has 1 aliphatic rings. The van der Waals surface area contributed by atoms with Gasteiger partial charge in [-0.1, -0.05) is 13.3 Å². The second-order valence-corrected chi connectivity index (χ2v) is 9.97. The van der Waals surface area contributed by atoms with E-state index in [0.29, 0.717) is 18.7 Å². The lowest BCUT2D eigenvalue weighted by Crippen LogP contribution is -2.50. The zero-order chi connectivity index (χ0) is 20.3. The molecule has 1 fully saturated rings. The second kappa shape index (κ2) is 8.43. The molecule has 1 aromatic heterocycles. The van der Waals surface area contributed by atoms with Crippen molar-refractivity contribution < 1.29 is 13.2 Å². The number of nitriles is 1. The number of benzene rings is 1. The van der Waals surface area contributed by atoms with Gasteiger partial charge in [0.2, 0.25) is 10.0 Å². The predicted molar refractivity (Wildman–Crippen MR) is 109 cm³/mol. The van der Waals surface area contributed by atoms with Gasteiger partial charge in [-0.2, -0.15) is 9.57 Å². The lowest BCUT2D eigenvalue weighted by molar-refractivity contribution is 0.0702. The summed E-state index contributed by atoms with van der Waals surface area (Å²) in [6, 6.07) is 9.87. The van der Waals surface area contributed by atoms with Crippen LogP contribution in [-0.4, -0.2) is 49.7 Å². The van der Waals surface area contributed by atoms with Crippen LogP contribution in [0.5, 0.6) is 0 Å². The molecular formula is C20H23N3O3S2. The summed E-state index contributed by atoms with van der Waals surface area (Å²) in [6.45, 7) is 5.42. The van der Waals surface area contributed by atoms with Crippen molar-refractivity contribution >= 4 is 27.3 Å². The molecule has 28 heavy (non-hydrogen) atoms. The van der Waals surface area contributed by atoms with Gasteiger partial charge in [0.1, 0.15) is 0 Å². The van der Waals surface area contributed by atoms with Gasteiger partial charge < -0.3 is 4.90 Å². The molecule has 0 bridgehead atoms. The number of hydrogen-bond donors (Lipinski definition) is 0. The maximum atomic E-state index is 12.8. The van der Waals surface area contributed by atoms with Crippen molar-refractivity contribution in [2.24, 2.45) is 0 Å². The Morgan fingerprint density at radius 3 is 2.39 bits per heavy atom. The van der Waals surface area contributed by atoms with E-state index in [0.717, 1.165) is 17.7 Å². The number of sulfonamides is 1. The van der Waals surface area contributed by atoms with Crippen LogP contribution in [-0.2, 0) is 16.4 Å². The number of nitrogens with zero attached hydrogens (tertiary/aromatic N) is 3. The molecule has 8 heteroatoms. The molecule has 0 saturated carbocycles. The highest BCUT2D eigenvalue weighted by Gasteiger charge is 2.31. The minimum atomic E-state index is -3.62. The fourth-order valence-corrected chi connectivity index (χ4v) is 5.74. The summed E-state index contributed by atoms with van der Waals surface area (Å²) in [4.78, 5) is 16.6. The molecule has 1 aliphatic heterocycles. The topological polar surface area (TPSA) is 81.5 Å². The molecule has 0 unspecified atom stereocenters. The van der Waals surface area contributed by atoms with Gasteiger partial charge in [0.05, 0.1) is 21.4 Å². The van der Waals surface area contributed by atoms with Crippen LogP contribution in [0, 0.1) is 18.3 Å². The van der Waals surface area contributed by atoms with Gasteiger partial charge in [-0.3, -0.25) is 4.79 Å². The van der Waals surface area contributed by atoms with Crippen molar-refractivity contribution in [3.05, 3.63) is 51.2 Å². The molecule has 2 heterocycles. The minimum Gasteiger partial charge on any atom is -0.335 e. The van der Waals surface area contributed by atoms with E-state index in [-0.39, 0.29) is 23.9 Å². The molecule has 0 atom stereocenters. The second-order valence-electron chi connectivity index (χ2n) is 6.77. The quantitative estimate of drug-likeness (QED) is 0.749. The summed E-state index contributed by atoms with van der Waals surface area (Å²) in [7, 11) is -3.62. The smallest absolute Gasteiger partial charge is 0.264 e. The highest BCUT2D eigenvalue weighted by Crippen LogP contribution is 2.25. The highest BCUT2D eigenvalue weighted by atomic mass is 32.2. The minimum absolute atomic E-state index is 0.0223. The van der Waals surface area contributed by atoms with Gasteiger partial charge in [-0.15, -0.1) is 11.3 Å². The maximum Gasteiger partial charge on any atom is 0.264 e. The zero-order valence-corrected chi connectivity index (χ0v) is 17.6. The Labute approximate surface area is 170 Å². The predicted octanol–water partition coefficient (Wildman–Crippen LogP) is 3.03. The Morgan fingerprint density at radius 2 is 1.82 bits per heavy atom. The first-order valence-electron chi connectivity index (χ1n) is 9.25. The van der Waals surface area contributed by atoms with Crippen LogP contribution in [0.15, 0.2) is 35.2 Å². The van der Waals surface area contributed by atoms with E-state index >= 15 is 0 Å². The first-order valence-corrected chi connectivity index (χ1v) is 11.5. The summed E-state index contributed by atoms with van der Waals surface area (Å²) in [5.41, 5.74) is 1.64. The number of aryl methyl sites for hydroxylation is 2. The third kappa shape index (κ3) is 4.12. The summed E-state index contributed by atoms with van der Waals surface area (Å²) in [6.07, 6.45) is 2.00. The average Bonchev–Trinajstić information content (AvgIpc) is 3.08. The molecule has 148 valence electrons. The van der Waals surface area contributed by atoms with E-state index in [1.807, 2.05) is 19.1 Å². The van der Waals surface area contributed by atoms with Crippen LogP contribution in [0.2, 0.25) is 0 Å². The molecule has 2 aromatic rings. The van der Waals surface area contributed by atoms with Crippen molar-refractivity contribution in [3.8, 4) is 6.07 Å². The Balaban J connectivity index is 1.67. The number of piperazine rings is 1. The summed E-state index contributed by atoms with van der Waals surface area (Å²) in [5.74, 6) is -0.0223. The van der Waals surface area contributed by atoms with Crippen LogP contribution in [0.1, 0.15) is 39.0 Å². The molecule has 0 N–H and O–H groups in total. The molecular weight excluding hydrogens is 394 g/mol. The lowest BCUT2D eigenvalue weighted by atomic mass is 10.1. The van der Waals surface area contributed by atoms with Gasteiger partial charge in [-0.05, 0) is 49.2 Å². The Hall–Kier alpha value is -2.21. The van der Waals surface area contributed by atoms with Crippen LogP contribution in [0.3, 0.4) is 0 Å². The van der Waals surface area contributed by atoms with Gasteiger partial charge in [0, 0.05) is 31.1 Å². The number of carbonyl (C=O) groups is 1. The standard InChI is InChI=1S/C20H23N3O3S2/c1-3-4-17-13-19(27-15(17)2)20(24)22-9-11-23(12-10-22)28(25,26)18-7-5-16(14-21)6-8-18/h5-8,13H,3-4,9-12H2,1-2H3. The summed E-state index contributed by atoms with van der Waals surface area (Å²) >= 11 is 1.51. The van der Waals surface area contributed by atoms with E-state index < -0.39 is 10.0 Å². The molecule has 3 rings (SSSR count). The fraction of sp³-hybridized carbons (Fsp3) is 0.400. The molecule has 0 radical (unpaired) electrons. The lowest BCUT2D eigenvalue weighted by Gasteiger charge is -2.33. The first-order chi connectivity index (χ1) is 13.4. The van der Waals surface area contributed by atoms with Crippen LogP contribution < -0.4 is 0 Å². The summed E-state index contributed by atoms with van der Waals surface area (Å²) < 4.78 is 27.0. The molecule has 6 nitrogen and oxygen atoms in total. The van der Waals surface area contributed by atoms with Crippen molar-refractivity contribution in [2.45, 2.75) is 31.6 Å². The Morgan fingerprint density at radius 1 is 1.18 bits per heavy atom. The number of thiophene rings is 1. The van der Waals surface area contributed by atoms with Gasteiger partial charge >= 0.3 is 0 Å². The molecule has 0 aliphatic carbocycles. The van der Waals surface area contributed by atoms with Gasteiger partial charge in [-0.25, -0.2) is 8.42 Å². The molecule has 1 saturated heterocycles. The highest BCUT2D eigenvalue weighted by molar-refractivity contribution is 7.89. The molecule has 0 spiro atoms. The first kappa shape index (κ1) is 20.5. The number of carbonyl (C=O) groups excluding carboxylic acids is 1. The summed E-state index contributed by atoms with van der Waals surface area (Å²) in [5, 5.41) is 8.86. The Kier molecular flexibility index (Phi) is 6.18. The van der Waals surface area contributed by atoms with Crippen LogP contribution in [0.4, 0.5) is 0 Å². The van der Waals surface area contributed by atoms with E-state index in [2.05, 4.69) is 6.92 Å². The fourth-order valence-electron chi connectivity index (χ4n) is 3.28. The van der Waals surface area contributed by atoms with Crippen LogP contribution >= 0.6 is 11.3 Å². The molecule has 1 aromatic carbocycles. The van der Waals surface area contributed by atoms with Crippen molar-refractivity contribution in [2.75, 3.05) is 26.2 Å². The van der Waals surface area contributed by atoms with Crippen LogP contribution in [0.25, 0.3) is 0 Å². The van der Waals surface area contributed by atoms with E-state index in [1.54, 1.807) is 4.90 Å². The van der Waals surface area contributed by atoms with E-state index in [4.69, 9.17) is 5.26 Å². The monoisotopic (exact) mass is 417 g/mol. The Bertz CT molecular complexity index is 996. The van der Waals surface area contributed by atoms with Gasteiger partial charge in [0.15, 0.2) is 0 Å². The van der Waals surface area contributed by atoms with Crippen molar-refractivity contribution in [3.63, 3.8) is 0 Å². The maximum absolute atomic E-state index is 12.8. The average molecular weight is 418 g/mol. The number of amides is 1. The third-order valence-electron chi connectivity index (χ3n) is 4.90. The van der Waals surface area contributed by atoms with Crippen molar-refractivity contribution in [1.82, 2.24) is 9.21 Å². The van der Waals surface area contributed by atoms with Crippen molar-refractivity contribution in [1.29, 1.82) is 5.26 Å². The van der Waals surface area contributed by atoms with E-state index in [9.17, 15) is 13.2 Å². The largest absolute Gasteiger partial charge is 0.335 e. The zero-order valence-electron chi connectivity index (χ0n) is 16.0. The number of hydrogen-bond acceptors (Lipinski definition) is 5. The third-order valence-corrected chi connectivity index (χ3v) is 7.89. The van der Waals surface area contributed by atoms with E-state index in [1.165, 1.54) is 50.3 Å². The SMILES string of the molecule is CCCc1cc(C(=O)N2CCN(S(=O)(=O)c3ccc(C#N)cc3)CC2)sc1C. The van der Waals surface area contributed by atoms with Gasteiger partial charge in [0.25, 0.3) is 5.91 Å². The molecule has 1 amide bonds.